The Morgan fingerprint density at radius 1 is 1.14 bits per heavy atom. The van der Waals surface area contributed by atoms with Gasteiger partial charge in [-0.1, -0.05) is 13.8 Å². The maximum atomic E-state index is 6.07. The molecule has 3 nitrogen and oxygen atoms in total. The zero-order valence-electron chi connectivity index (χ0n) is 10.8. The van der Waals surface area contributed by atoms with Crippen LogP contribution < -0.4 is 11.5 Å². The molecular formula is C9H28N2OSi2. The summed E-state index contributed by atoms with van der Waals surface area (Å²) in [5, 5.41) is 0. The summed E-state index contributed by atoms with van der Waals surface area (Å²) in [4.78, 5) is 0. The molecule has 0 rings (SSSR count). The Kier molecular flexibility index (Phi) is 8.05. The van der Waals surface area contributed by atoms with Crippen LogP contribution in [0.4, 0.5) is 0 Å². The lowest BCUT2D eigenvalue weighted by Crippen LogP contribution is -2.61. The fraction of sp³-hybridized carbons (Fsp3) is 1.00. The molecule has 0 radical (unpaired) electrons. The summed E-state index contributed by atoms with van der Waals surface area (Å²) in [6.07, 6.45) is 0.969. The van der Waals surface area contributed by atoms with E-state index < -0.39 is 0 Å². The summed E-state index contributed by atoms with van der Waals surface area (Å²) in [6.45, 7) is 10.3. The van der Waals surface area contributed by atoms with Crippen LogP contribution in [0.3, 0.4) is 0 Å². The van der Waals surface area contributed by atoms with E-state index in [-0.39, 0.29) is 11.1 Å². The van der Waals surface area contributed by atoms with Gasteiger partial charge in [-0.25, -0.2) is 0 Å². The van der Waals surface area contributed by atoms with Crippen molar-refractivity contribution in [1.82, 2.24) is 0 Å². The van der Waals surface area contributed by atoms with Gasteiger partial charge in [-0.05, 0) is 33.1 Å². The molecule has 14 heavy (non-hydrogen) atoms. The summed E-state index contributed by atoms with van der Waals surface area (Å²) in [5.41, 5.74) is 11.4. The highest BCUT2D eigenvalue weighted by atomic mass is 28.3. The van der Waals surface area contributed by atoms with Crippen molar-refractivity contribution in [2.24, 2.45) is 17.4 Å². The molecule has 4 N–H and O–H groups in total. The summed E-state index contributed by atoms with van der Waals surface area (Å²) in [5.74, 6) is 0.604. The molecule has 0 aliphatic heterocycles. The molecule has 0 saturated heterocycles. The lowest BCUT2D eigenvalue weighted by atomic mass is 9.77. The Morgan fingerprint density at radius 2 is 1.43 bits per heavy atom. The topological polar surface area (TPSA) is 61.3 Å². The maximum Gasteiger partial charge on any atom is 0.129 e. The van der Waals surface area contributed by atoms with Gasteiger partial charge in [0.25, 0.3) is 0 Å². The van der Waals surface area contributed by atoms with Crippen LogP contribution in [0.1, 0.15) is 41.0 Å². The minimum Gasteiger partial charge on any atom is -0.471 e. The van der Waals surface area contributed by atoms with Gasteiger partial charge in [-0.3, -0.25) is 0 Å². The zero-order valence-corrected chi connectivity index (χ0v) is 14.8. The van der Waals surface area contributed by atoms with Crippen molar-refractivity contribution in [2.75, 3.05) is 0 Å². The zero-order chi connectivity index (χ0) is 12.0. The van der Waals surface area contributed by atoms with Gasteiger partial charge < -0.3 is 15.6 Å². The van der Waals surface area contributed by atoms with E-state index in [1.54, 1.807) is 0 Å². The molecule has 1 atom stereocenters. The summed E-state index contributed by atoms with van der Waals surface area (Å²) in [6, 6.07) is 0. The van der Waals surface area contributed by atoms with E-state index in [2.05, 4.69) is 18.0 Å². The minimum absolute atomic E-state index is 0.263. The second-order valence-corrected chi connectivity index (χ2v) is 8.41. The van der Waals surface area contributed by atoms with Gasteiger partial charge in [-0.15, -0.1) is 0 Å². The summed E-state index contributed by atoms with van der Waals surface area (Å²) >= 11 is 0. The highest BCUT2D eigenvalue weighted by Crippen LogP contribution is 2.23. The fourth-order valence-electron chi connectivity index (χ4n) is 1.11. The van der Waals surface area contributed by atoms with E-state index in [1.807, 2.05) is 20.8 Å². The molecule has 88 valence electrons. The van der Waals surface area contributed by atoms with E-state index in [0.29, 0.717) is 5.92 Å². The summed E-state index contributed by atoms with van der Waals surface area (Å²) in [7, 11) is 1.86. The van der Waals surface area contributed by atoms with Crippen LogP contribution in [0.25, 0.3) is 0 Å². The number of hydrogen-bond acceptors (Lipinski definition) is 3. The quantitative estimate of drug-likeness (QED) is 0.621. The number of rotatable bonds is 3. The molecule has 0 heterocycles. The smallest absolute Gasteiger partial charge is 0.129 e. The Hall–Kier alpha value is 0.314. The molecule has 0 saturated carbocycles. The van der Waals surface area contributed by atoms with Crippen LogP contribution in [0.15, 0.2) is 0 Å². The average Bonchev–Trinajstić information content (AvgIpc) is 1.82. The van der Waals surface area contributed by atoms with Crippen LogP contribution in [-0.2, 0) is 4.12 Å². The van der Waals surface area contributed by atoms with Crippen molar-refractivity contribution < 1.29 is 4.12 Å². The van der Waals surface area contributed by atoms with Gasteiger partial charge in [0.15, 0.2) is 0 Å². The molecule has 0 aliphatic carbocycles. The van der Waals surface area contributed by atoms with Crippen molar-refractivity contribution in [1.29, 1.82) is 0 Å². The predicted octanol–water partition coefficient (Wildman–Crippen LogP) is -0.949. The molecule has 5 heteroatoms. The van der Waals surface area contributed by atoms with Gasteiger partial charge in [0.1, 0.15) is 21.0 Å². The average molecular weight is 237 g/mol. The summed E-state index contributed by atoms with van der Waals surface area (Å²) < 4.78 is 4.53. The van der Waals surface area contributed by atoms with Gasteiger partial charge in [0.2, 0.25) is 0 Å². The first kappa shape index (κ1) is 16.7. The van der Waals surface area contributed by atoms with Crippen LogP contribution in [0.5, 0.6) is 0 Å². The molecule has 0 amide bonds. The number of nitrogens with two attached hydrogens (primary N) is 2. The van der Waals surface area contributed by atoms with E-state index in [1.165, 1.54) is 0 Å². The molecule has 0 aliphatic rings. The highest BCUT2D eigenvalue weighted by molar-refractivity contribution is 6.15. The second-order valence-electron chi connectivity index (χ2n) is 5.15. The van der Waals surface area contributed by atoms with Crippen molar-refractivity contribution in [3.8, 4) is 0 Å². The third kappa shape index (κ3) is 7.69. The first-order valence-electron chi connectivity index (χ1n) is 5.06. The number of hydrogen-bond donors (Lipinski definition) is 2. The predicted molar refractivity (Wildman–Crippen MR) is 71.3 cm³/mol. The fourth-order valence-corrected chi connectivity index (χ4v) is 1.11. The van der Waals surface area contributed by atoms with Gasteiger partial charge >= 0.3 is 0 Å². The van der Waals surface area contributed by atoms with Crippen molar-refractivity contribution in [2.45, 2.75) is 52.1 Å². The van der Waals surface area contributed by atoms with E-state index >= 15 is 0 Å². The normalized spacial score (nSPS) is 16.3. The monoisotopic (exact) mass is 236 g/mol. The lowest BCUT2D eigenvalue weighted by Gasteiger charge is -2.39. The second kappa shape index (κ2) is 6.73. The molecule has 0 aromatic rings. The highest BCUT2D eigenvalue weighted by Gasteiger charge is 2.34. The van der Waals surface area contributed by atoms with Gasteiger partial charge in [0.05, 0.1) is 0 Å². The molecule has 0 fully saturated rings. The molecular weight excluding hydrogens is 208 g/mol. The van der Waals surface area contributed by atoms with E-state index in [0.717, 1.165) is 27.4 Å². The third-order valence-corrected chi connectivity index (χ3v) is 2.30. The van der Waals surface area contributed by atoms with E-state index in [4.69, 9.17) is 11.5 Å². The molecule has 0 aromatic carbocycles. The first-order chi connectivity index (χ1) is 6.08. The largest absolute Gasteiger partial charge is 0.471 e. The van der Waals surface area contributed by atoms with Crippen molar-refractivity contribution >= 4 is 21.0 Å². The van der Waals surface area contributed by atoms with Gasteiger partial charge in [-0.2, -0.15) is 0 Å². The Morgan fingerprint density at radius 3 is 1.50 bits per heavy atom. The lowest BCUT2D eigenvalue weighted by molar-refractivity contribution is 0.238. The van der Waals surface area contributed by atoms with Crippen molar-refractivity contribution in [3.05, 3.63) is 0 Å². The Labute approximate surface area is 95.0 Å². The van der Waals surface area contributed by atoms with Crippen molar-refractivity contribution in [3.63, 3.8) is 0 Å². The van der Waals surface area contributed by atoms with Crippen LogP contribution in [-0.4, -0.2) is 32.0 Å². The SMILES string of the molecule is CC(C)CC(C)(N)C(C)(C)N.[SiH3]O[SiH3]. The van der Waals surface area contributed by atoms with Crippen LogP contribution in [0, 0.1) is 5.92 Å². The Balaban J connectivity index is 0. The third-order valence-electron chi connectivity index (χ3n) is 2.30. The van der Waals surface area contributed by atoms with Crippen LogP contribution >= 0.6 is 0 Å². The molecule has 0 bridgehead atoms. The Bertz CT molecular complexity index is 144. The molecule has 0 spiro atoms. The van der Waals surface area contributed by atoms with E-state index in [9.17, 15) is 0 Å². The van der Waals surface area contributed by atoms with Gasteiger partial charge in [0, 0.05) is 11.1 Å². The molecule has 1 unspecified atom stereocenters. The minimum atomic E-state index is -0.294. The molecule has 0 aromatic heterocycles. The maximum absolute atomic E-state index is 6.07. The van der Waals surface area contributed by atoms with Crippen LogP contribution in [0.2, 0.25) is 0 Å². The first-order valence-corrected chi connectivity index (χ1v) is 6.69. The standard InChI is InChI=1S/C9H22N2.H6OSi2/c1-7(2)6-9(5,11)8(3,4)10;2-1-3/h7H,6,10-11H2,1-5H3;2-3H3.